The van der Waals surface area contributed by atoms with Gasteiger partial charge in [0.25, 0.3) is 5.91 Å². The molecule has 186 valence electrons. The number of alkyl halides is 2. The first-order chi connectivity index (χ1) is 16.5. The van der Waals surface area contributed by atoms with Crippen LogP contribution in [0.15, 0.2) is 36.4 Å². The quantitative estimate of drug-likeness (QED) is 0.335. The third-order valence-corrected chi connectivity index (χ3v) is 8.11. The molecule has 0 saturated heterocycles. The molecule has 0 spiro atoms. The second kappa shape index (κ2) is 9.81. The van der Waals surface area contributed by atoms with Gasteiger partial charge in [0.05, 0.1) is 23.6 Å². The Morgan fingerprint density at radius 3 is 2.34 bits per heavy atom. The largest absolute Gasteiger partial charge is 0.467 e. The summed E-state index contributed by atoms with van der Waals surface area (Å²) in [5.41, 5.74) is 1.10. The highest BCUT2D eigenvalue weighted by Gasteiger charge is 2.67. The number of hydrogen-bond acceptors (Lipinski definition) is 4. The summed E-state index contributed by atoms with van der Waals surface area (Å²) in [7, 11) is 1.29. The number of aryl methyl sites for hydroxylation is 1. The van der Waals surface area contributed by atoms with Gasteiger partial charge in [-0.1, -0.05) is 42.1 Å². The zero-order chi connectivity index (χ0) is 25.5. The van der Waals surface area contributed by atoms with Crippen molar-refractivity contribution in [3.8, 4) is 0 Å². The van der Waals surface area contributed by atoms with Crippen LogP contribution >= 0.6 is 46.4 Å². The number of anilines is 1. The van der Waals surface area contributed by atoms with Gasteiger partial charge in [0.1, 0.15) is 9.87 Å². The topological polar surface area (TPSA) is 84.5 Å². The van der Waals surface area contributed by atoms with Gasteiger partial charge < -0.3 is 15.4 Å². The zero-order valence-corrected chi connectivity index (χ0v) is 22.1. The molecular weight excluding hydrogens is 534 g/mol. The molecule has 2 aliphatic rings. The number of hydrogen-bond donors (Lipinski definition) is 2. The molecule has 2 fully saturated rings. The average Bonchev–Trinajstić information content (AvgIpc) is 3.11. The Hall–Kier alpha value is -1.99. The summed E-state index contributed by atoms with van der Waals surface area (Å²) in [5.74, 6) is -2.55. The van der Waals surface area contributed by atoms with E-state index in [9.17, 15) is 14.4 Å². The summed E-state index contributed by atoms with van der Waals surface area (Å²) in [4.78, 5) is 38.5. The lowest BCUT2D eigenvalue weighted by atomic mass is 9.97. The lowest BCUT2D eigenvalue weighted by Gasteiger charge is -2.27. The predicted octanol–water partition coefficient (Wildman–Crippen LogP) is 6.04. The number of rotatable bonds is 6. The second-order valence-electron chi connectivity index (χ2n) is 9.11. The monoisotopic (exact) mass is 556 g/mol. The van der Waals surface area contributed by atoms with Crippen molar-refractivity contribution in [2.75, 3.05) is 12.4 Å². The minimum absolute atomic E-state index is 0.125. The van der Waals surface area contributed by atoms with E-state index in [1.54, 1.807) is 12.1 Å². The van der Waals surface area contributed by atoms with Crippen LogP contribution in [0, 0.1) is 12.8 Å². The van der Waals surface area contributed by atoms with Gasteiger partial charge >= 0.3 is 5.97 Å². The molecule has 4 rings (SSSR count). The Morgan fingerprint density at radius 1 is 1.03 bits per heavy atom. The van der Waals surface area contributed by atoms with Crippen molar-refractivity contribution >= 4 is 69.9 Å². The number of benzene rings is 2. The fourth-order valence-electron chi connectivity index (χ4n) is 4.85. The first-order valence-electron chi connectivity index (χ1n) is 11.1. The summed E-state index contributed by atoms with van der Waals surface area (Å²) in [6, 6.07) is 9.99. The van der Waals surface area contributed by atoms with E-state index in [1.165, 1.54) is 19.2 Å². The lowest BCUT2D eigenvalue weighted by Crippen LogP contribution is -2.53. The third kappa shape index (κ3) is 5.12. The van der Waals surface area contributed by atoms with Crippen LogP contribution in [0.1, 0.15) is 53.1 Å². The molecule has 2 amide bonds. The van der Waals surface area contributed by atoms with E-state index in [2.05, 4.69) is 10.6 Å². The highest BCUT2D eigenvalue weighted by atomic mass is 35.5. The minimum atomic E-state index is -1.29. The van der Waals surface area contributed by atoms with Crippen LogP contribution in [-0.2, 0) is 14.3 Å². The fraction of sp³-hybridized carbons (Fsp3) is 0.400. The van der Waals surface area contributed by atoms with Gasteiger partial charge in [-0.05, 0) is 61.2 Å². The van der Waals surface area contributed by atoms with Crippen molar-refractivity contribution in [1.82, 2.24) is 5.32 Å². The van der Waals surface area contributed by atoms with E-state index in [1.807, 2.05) is 19.1 Å². The Bertz CT molecular complexity index is 1170. The molecule has 10 heteroatoms. The highest BCUT2D eigenvalue weighted by molar-refractivity contribution is 6.53. The van der Waals surface area contributed by atoms with Gasteiger partial charge in [-0.2, -0.15) is 0 Å². The molecule has 2 aromatic rings. The smallest absolute Gasteiger partial charge is 0.331 e. The molecule has 0 radical (unpaired) electrons. The Morgan fingerprint density at radius 2 is 1.71 bits per heavy atom. The molecular formula is C25H24Cl4N2O4. The van der Waals surface area contributed by atoms with E-state index < -0.39 is 39.5 Å². The SMILES string of the molecule is COC(=O)C1(NC(=O)c2cc(NC(=O)C3C(c4cc(C)cc(Cl)c4)C3(Cl)Cl)ccc2Cl)CCCC1. The van der Waals surface area contributed by atoms with Crippen molar-refractivity contribution < 1.29 is 19.1 Å². The van der Waals surface area contributed by atoms with Crippen molar-refractivity contribution in [3.05, 3.63) is 63.1 Å². The molecule has 0 bridgehead atoms. The number of carbonyl (C=O) groups is 3. The van der Waals surface area contributed by atoms with E-state index in [-0.39, 0.29) is 10.6 Å². The molecule has 2 unspecified atom stereocenters. The van der Waals surface area contributed by atoms with Crippen molar-refractivity contribution in [2.45, 2.75) is 48.4 Å². The van der Waals surface area contributed by atoms with Crippen molar-refractivity contribution in [3.63, 3.8) is 0 Å². The summed E-state index contributed by atoms with van der Waals surface area (Å²) in [6.07, 6.45) is 2.57. The number of halogens is 4. The Balaban J connectivity index is 1.51. The molecule has 6 nitrogen and oxygen atoms in total. The second-order valence-corrected chi connectivity index (χ2v) is 11.4. The van der Waals surface area contributed by atoms with Gasteiger partial charge in [-0.15, -0.1) is 23.2 Å². The number of methoxy groups -OCH3 is 1. The van der Waals surface area contributed by atoms with E-state index in [4.69, 9.17) is 51.1 Å². The minimum Gasteiger partial charge on any atom is -0.467 e. The maximum atomic E-state index is 13.1. The molecule has 2 atom stereocenters. The van der Waals surface area contributed by atoms with Crippen molar-refractivity contribution in [1.29, 1.82) is 0 Å². The molecule has 0 aromatic heterocycles. The van der Waals surface area contributed by atoms with Gasteiger partial charge in [-0.25, -0.2) is 4.79 Å². The van der Waals surface area contributed by atoms with Gasteiger partial charge in [0.15, 0.2) is 0 Å². The standard InChI is InChI=1S/C25H24Cl4N2O4/c1-13-9-14(11-15(26)10-13)19-20(25(19,28)29)22(33)30-16-5-6-18(27)17(12-16)21(32)31-24(23(34)35-2)7-3-4-8-24/h5-6,9-12,19-20H,3-4,7-8H2,1-2H3,(H,30,33)(H,31,32). The van der Waals surface area contributed by atoms with Crippen LogP contribution in [0.25, 0.3) is 0 Å². The van der Waals surface area contributed by atoms with Gasteiger partial charge in [0.2, 0.25) is 5.91 Å². The number of carbonyl (C=O) groups excluding carboxylic acids is 3. The number of esters is 1. The normalized spacial score (nSPS) is 21.8. The fourth-order valence-corrected chi connectivity index (χ4v) is 6.18. The van der Waals surface area contributed by atoms with Crippen LogP contribution in [0.4, 0.5) is 5.69 Å². The summed E-state index contributed by atoms with van der Waals surface area (Å²) in [5, 5.41) is 6.30. The van der Waals surface area contributed by atoms with E-state index >= 15 is 0 Å². The molecule has 2 saturated carbocycles. The maximum absolute atomic E-state index is 13.1. The van der Waals surface area contributed by atoms with Crippen molar-refractivity contribution in [2.24, 2.45) is 5.92 Å². The number of nitrogens with one attached hydrogen (secondary N) is 2. The van der Waals surface area contributed by atoms with Crippen LogP contribution < -0.4 is 10.6 Å². The highest BCUT2D eigenvalue weighted by Crippen LogP contribution is 2.65. The molecule has 35 heavy (non-hydrogen) atoms. The zero-order valence-electron chi connectivity index (χ0n) is 19.1. The third-order valence-electron chi connectivity index (χ3n) is 6.62. The number of amides is 2. The van der Waals surface area contributed by atoms with Crippen LogP contribution in [0.2, 0.25) is 10.0 Å². The summed E-state index contributed by atoms with van der Waals surface area (Å²) < 4.78 is 3.63. The molecule has 2 aliphatic carbocycles. The van der Waals surface area contributed by atoms with Crippen LogP contribution in [0.3, 0.4) is 0 Å². The summed E-state index contributed by atoms with van der Waals surface area (Å²) in [6.45, 7) is 1.90. The average molecular weight is 558 g/mol. The van der Waals surface area contributed by atoms with E-state index in [0.717, 1.165) is 24.0 Å². The van der Waals surface area contributed by atoms with Crippen LogP contribution in [-0.4, -0.2) is 34.8 Å². The summed E-state index contributed by atoms with van der Waals surface area (Å²) >= 11 is 25.4. The predicted molar refractivity (Wildman–Crippen MR) is 138 cm³/mol. The van der Waals surface area contributed by atoms with Gasteiger partial charge in [-0.3, -0.25) is 9.59 Å². The molecule has 2 aromatic carbocycles. The number of ether oxygens (including phenoxy) is 1. The molecule has 0 heterocycles. The maximum Gasteiger partial charge on any atom is 0.331 e. The van der Waals surface area contributed by atoms with Crippen LogP contribution in [0.5, 0.6) is 0 Å². The Labute approximate surface area is 223 Å². The first-order valence-corrected chi connectivity index (χ1v) is 12.7. The molecule has 0 aliphatic heterocycles. The first kappa shape index (κ1) is 26.1. The molecule has 2 N–H and O–H groups in total. The van der Waals surface area contributed by atoms with E-state index in [0.29, 0.717) is 23.6 Å². The lowest BCUT2D eigenvalue weighted by molar-refractivity contribution is -0.148. The Kier molecular flexibility index (Phi) is 7.31. The van der Waals surface area contributed by atoms with Gasteiger partial charge in [0, 0.05) is 16.6 Å².